The molecule has 0 saturated carbocycles. The number of nitrogens with one attached hydrogen (secondary N) is 1. The van der Waals surface area contributed by atoms with Gasteiger partial charge in [-0.2, -0.15) is 5.10 Å². The van der Waals surface area contributed by atoms with Crippen LogP contribution in [0.3, 0.4) is 0 Å². The quantitative estimate of drug-likeness (QED) is 0.858. The lowest BCUT2D eigenvalue weighted by atomic mass is 10.2. The Hall–Kier alpha value is -1.62. The predicted molar refractivity (Wildman–Crippen MR) is 81.6 cm³/mol. The van der Waals surface area contributed by atoms with Gasteiger partial charge in [-0.1, -0.05) is 25.4 Å². The maximum atomic E-state index is 6.19. The van der Waals surface area contributed by atoms with Gasteiger partial charge in [0.2, 0.25) is 0 Å². The number of hydrogen-bond acceptors (Lipinski definition) is 4. The van der Waals surface area contributed by atoms with Gasteiger partial charge in [0.15, 0.2) is 0 Å². The standard InChI is InChI=1S/C14H20ClN5/c1-5-7-12-17-13(15)9(3)14(18-12)16-11-8-20(4)19-10(11)6-2/h8H,5-7H2,1-4H3,(H,16,17,18). The minimum absolute atomic E-state index is 0.507. The molecule has 0 aliphatic heterocycles. The van der Waals surface area contributed by atoms with Crippen molar-refractivity contribution in [2.45, 2.75) is 40.0 Å². The number of aromatic nitrogens is 4. The van der Waals surface area contributed by atoms with Crippen molar-refractivity contribution >= 4 is 23.1 Å². The summed E-state index contributed by atoms with van der Waals surface area (Å²) in [5.74, 6) is 1.53. The third kappa shape index (κ3) is 3.10. The first-order valence-corrected chi connectivity index (χ1v) is 7.25. The molecule has 0 amide bonds. The van der Waals surface area contributed by atoms with Crippen LogP contribution < -0.4 is 5.32 Å². The fourth-order valence-corrected chi connectivity index (χ4v) is 2.20. The number of nitrogens with zero attached hydrogens (tertiary/aromatic N) is 4. The SMILES string of the molecule is CCCc1nc(Cl)c(C)c(Nc2cn(C)nc2CC)n1. The molecule has 0 bridgehead atoms. The topological polar surface area (TPSA) is 55.6 Å². The first-order valence-electron chi connectivity index (χ1n) is 6.87. The molecule has 5 nitrogen and oxygen atoms in total. The van der Waals surface area contributed by atoms with Crippen molar-refractivity contribution in [1.82, 2.24) is 19.7 Å². The second kappa shape index (κ2) is 6.22. The van der Waals surface area contributed by atoms with E-state index in [9.17, 15) is 0 Å². The summed E-state index contributed by atoms with van der Waals surface area (Å²) < 4.78 is 1.80. The van der Waals surface area contributed by atoms with Crippen molar-refractivity contribution in [2.75, 3.05) is 5.32 Å². The average molecular weight is 294 g/mol. The van der Waals surface area contributed by atoms with Crippen LogP contribution in [0.2, 0.25) is 5.15 Å². The lowest BCUT2D eigenvalue weighted by Gasteiger charge is -2.10. The lowest BCUT2D eigenvalue weighted by molar-refractivity contribution is 0.746. The van der Waals surface area contributed by atoms with Crippen molar-refractivity contribution < 1.29 is 0 Å². The van der Waals surface area contributed by atoms with Crippen molar-refractivity contribution in [2.24, 2.45) is 7.05 Å². The second-order valence-electron chi connectivity index (χ2n) is 4.80. The Labute approximate surface area is 124 Å². The molecular weight excluding hydrogens is 274 g/mol. The number of halogens is 1. The smallest absolute Gasteiger partial charge is 0.138 e. The Balaban J connectivity index is 2.36. The molecule has 1 N–H and O–H groups in total. The third-order valence-electron chi connectivity index (χ3n) is 3.10. The average Bonchev–Trinajstić information content (AvgIpc) is 2.76. The van der Waals surface area contributed by atoms with E-state index < -0.39 is 0 Å². The number of anilines is 2. The molecule has 2 aromatic heterocycles. The monoisotopic (exact) mass is 293 g/mol. The summed E-state index contributed by atoms with van der Waals surface area (Å²) in [5, 5.41) is 8.25. The fourth-order valence-electron chi connectivity index (χ4n) is 2.02. The normalized spacial score (nSPS) is 10.8. The molecule has 0 spiro atoms. The Morgan fingerprint density at radius 1 is 1.30 bits per heavy atom. The Kier molecular flexibility index (Phi) is 4.60. The molecule has 0 aliphatic rings. The molecule has 0 saturated heterocycles. The van der Waals surface area contributed by atoms with Gasteiger partial charge in [-0.3, -0.25) is 4.68 Å². The molecule has 108 valence electrons. The van der Waals surface area contributed by atoms with Crippen LogP contribution in [0, 0.1) is 6.92 Å². The molecule has 2 aromatic rings. The Morgan fingerprint density at radius 3 is 2.70 bits per heavy atom. The molecule has 0 fully saturated rings. The number of rotatable bonds is 5. The summed E-state index contributed by atoms with van der Waals surface area (Å²) in [6, 6.07) is 0. The number of aryl methyl sites for hydroxylation is 3. The summed E-state index contributed by atoms with van der Waals surface area (Å²) in [5.41, 5.74) is 2.84. The van der Waals surface area contributed by atoms with E-state index in [-0.39, 0.29) is 0 Å². The van der Waals surface area contributed by atoms with E-state index >= 15 is 0 Å². The fraction of sp³-hybridized carbons (Fsp3) is 0.500. The lowest BCUT2D eigenvalue weighted by Crippen LogP contribution is -2.04. The van der Waals surface area contributed by atoms with Gasteiger partial charge >= 0.3 is 0 Å². The minimum Gasteiger partial charge on any atom is -0.337 e. The van der Waals surface area contributed by atoms with E-state index in [0.717, 1.165) is 47.8 Å². The Morgan fingerprint density at radius 2 is 2.05 bits per heavy atom. The maximum Gasteiger partial charge on any atom is 0.138 e. The van der Waals surface area contributed by atoms with Gasteiger partial charge in [0, 0.05) is 25.2 Å². The van der Waals surface area contributed by atoms with Crippen molar-refractivity contribution in [3.63, 3.8) is 0 Å². The van der Waals surface area contributed by atoms with E-state index in [1.807, 2.05) is 20.2 Å². The van der Waals surface area contributed by atoms with Gasteiger partial charge in [-0.25, -0.2) is 9.97 Å². The van der Waals surface area contributed by atoms with Crippen LogP contribution in [0.4, 0.5) is 11.5 Å². The van der Waals surface area contributed by atoms with Gasteiger partial charge in [-0.05, 0) is 19.8 Å². The molecule has 0 radical (unpaired) electrons. The van der Waals surface area contributed by atoms with Crippen LogP contribution in [0.5, 0.6) is 0 Å². The minimum atomic E-state index is 0.507. The zero-order valence-corrected chi connectivity index (χ0v) is 13.1. The van der Waals surface area contributed by atoms with Gasteiger partial charge in [-0.15, -0.1) is 0 Å². The van der Waals surface area contributed by atoms with Crippen LogP contribution in [0.15, 0.2) is 6.20 Å². The first kappa shape index (κ1) is 14.8. The van der Waals surface area contributed by atoms with Gasteiger partial charge in [0.1, 0.15) is 16.8 Å². The molecule has 0 aromatic carbocycles. The van der Waals surface area contributed by atoms with Crippen LogP contribution in [-0.4, -0.2) is 19.7 Å². The van der Waals surface area contributed by atoms with Crippen LogP contribution >= 0.6 is 11.6 Å². The van der Waals surface area contributed by atoms with Gasteiger partial charge in [0.25, 0.3) is 0 Å². The summed E-state index contributed by atoms with van der Waals surface area (Å²) in [4.78, 5) is 8.87. The van der Waals surface area contributed by atoms with E-state index in [4.69, 9.17) is 11.6 Å². The predicted octanol–water partition coefficient (Wildman–Crippen LogP) is 3.43. The molecule has 2 heterocycles. The third-order valence-corrected chi connectivity index (χ3v) is 3.47. The largest absolute Gasteiger partial charge is 0.337 e. The van der Waals surface area contributed by atoms with Crippen LogP contribution in [0.1, 0.15) is 37.4 Å². The van der Waals surface area contributed by atoms with Gasteiger partial charge < -0.3 is 5.32 Å². The zero-order chi connectivity index (χ0) is 14.7. The highest BCUT2D eigenvalue weighted by molar-refractivity contribution is 6.30. The van der Waals surface area contributed by atoms with Crippen molar-refractivity contribution in [3.8, 4) is 0 Å². The highest BCUT2D eigenvalue weighted by Crippen LogP contribution is 2.25. The molecule has 0 atom stereocenters. The van der Waals surface area contributed by atoms with Crippen LogP contribution in [-0.2, 0) is 19.9 Å². The highest BCUT2D eigenvalue weighted by Gasteiger charge is 2.12. The van der Waals surface area contributed by atoms with E-state index in [1.54, 1.807) is 4.68 Å². The zero-order valence-electron chi connectivity index (χ0n) is 12.4. The summed E-state index contributed by atoms with van der Waals surface area (Å²) >= 11 is 6.19. The summed E-state index contributed by atoms with van der Waals surface area (Å²) in [6.07, 6.45) is 4.63. The van der Waals surface area contributed by atoms with E-state index in [2.05, 4.69) is 34.2 Å². The Bertz CT molecular complexity index is 606. The molecule has 20 heavy (non-hydrogen) atoms. The number of hydrogen-bond donors (Lipinski definition) is 1. The van der Waals surface area contributed by atoms with Gasteiger partial charge in [0.05, 0.1) is 11.4 Å². The highest BCUT2D eigenvalue weighted by atomic mass is 35.5. The van der Waals surface area contributed by atoms with Crippen molar-refractivity contribution in [3.05, 3.63) is 28.4 Å². The molecule has 0 aliphatic carbocycles. The van der Waals surface area contributed by atoms with Crippen molar-refractivity contribution in [1.29, 1.82) is 0 Å². The summed E-state index contributed by atoms with van der Waals surface area (Å²) in [7, 11) is 1.91. The second-order valence-corrected chi connectivity index (χ2v) is 5.15. The van der Waals surface area contributed by atoms with Crippen LogP contribution in [0.25, 0.3) is 0 Å². The summed E-state index contributed by atoms with van der Waals surface area (Å²) in [6.45, 7) is 6.10. The van der Waals surface area contributed by atoms with E-state index in [0.29, 0.717) is 5.15 Å². The molecular formula is C14H20ClN5. The maximum absolute atomic E-state index is 6.19. The molecule has 0 unspecified atom stereocenters. The van der Waals surface area contributed by atoms with E-state index in [1.165, 1.54) is 0 Å². The molecule has 2 rings (SSSR count). The first-order chi connectivity index (χ1) is 9.55. The molecule has 6 heteroatoms.